The average Bonchev–Trinajstić information content (AvgIpc) is 3.57. The lowest BCUT2D eigenvalue weighted by atomic mass is 9.97. The molecule has 1 aliphatic carbocycles. The molecule has 3 heterocycles. The van der Waals surface area contributed by atoms with Crippen molar-refractivity contribution < 1.29 is 19.1 Å². The number of esters is 1. The monoisotopic (exact) mass is 458 g/mol. The van der Waals surface area contributed by atoms with Crippen LogP contribution in [0.1, 0.15) is 65.3 Å². The van der Waals surface area contributed by atoms with Gasteiger partial charge in [-0.1, -0.05) is 0 Å². The van der Waals surface area contributed by atoms with Crippen LogP contribution in [0, 0.1) is 19.8 Å². The Labute approximate surface area is 192 Å². The van der Waals surface area contributed by atoms with Crippen molar-refractivity contribution in [2.75, 3.05) is 33.3 Å². The standard InChI is InChI=1S/C23H30N4O4S/c1-5-31-23(30)16-8-10-27(11-9-16)17(28)12-26(4)22(29)19-13(2)18-14(3)24-20(15-6-7-15)25-21(18)32-19/h15-16H,5-12H2,1-4H3. The fourth-order valence-corrected chi connectivity index (χ4v) is 5.49. The number of likely N-dealkylation sites (N-methyl/N-ethyl adjacent to an activating group) is 1. The molecule has 4 rings (SSSR count). The third-order valence-corrected chi connectivity index (χ3v) is 7.49. The maximum atomic E-state index is 13.2. The molecule has 0 bridgehead atoms. The first-order chi connectivity index (χ1) is 15.3. The molecule has 9 heteroatoms. The molecule has 1 aliphatic heterocycles. The normalized spacial score (nSPS) is 16.9. The van der Waals surface area contributed by atoms with Gasteiger partial charge in [0, 0.05) is 31.4 Å². The highest BCUT2D eigenvalue weighted by Crippen LogP contribution is 2.40. The van der Waals surface area contributed by atoms with Crippen molar-refractivity contribution >= 4 is 39.3 Å². The fraction of sp³-hybridized carbons (Fsp3) is 0.609. The Morgan fingerprint density at radius 2 is 1.81 bits per heavy atom. The van der Waals surface area contributed by atoms with E-state index in [4.69, 9.17) is 9.72 Å². The number of hydrogen-bond donors (Lipinski definition) is 0. The molecular weight excluding hydrogens is 428 g/mol. The molecule has 1 saturated heterocycles. The maximum Gasteiger partial charge on any atom is 0.309 e. The molecule has 2 aromatic heterocycles. The third-order valence-electron chi connectivity index (χ3n) is 6.31. The van der Waals surface area contributed by atoms with Crippen molar-refractivity contribution in [1.29, 1.82) is 0 Å². The summed E-state index contributed by atoms with van der Waals surface area (Å²) in [5, 5.41) is 0.948. The van der Waals surface area contributed by atoms with Crippen LogP contribution in [0.3, 0.4) is 0 Å². The van der Waals surface area contributed by atoms with E-state index in [2.05, 4.69) is 4.98 Å². The summed E-state index contributed by atoms with van der Waals surface area (Å²) in [4.78, 5) is 51.9. The summed E-state index contributed by atoms with van der Waals surface area (Å²) in [7, 11) is 1.66. The lowest BCUT2D eigenvalue weighted by Crippen LogP contribution is -2.45. The first-order valence-electron chi connectivity index (χ1n) is 11.3. The summed E-state index contributed by atoms with van der Waals surface area (Å²) in [6, 6.07) is 0. The second kappa shape index (κ2) is 9.13. The summed E-state index contributed by atoms with van der Waals surface area (Å²) >= 11 is 1.39. The summed E-state index contributed by atoms with van der Waals surface area (Å²) < 4.78 is 5.09. The van der Waals surface area contributed by atoms with Crippen LogP contribution in [0.25, 0.3) is 10.2 Å². The number of nitrogens with zero attached hydrogens (tertiary/aromatic N) is 4. The molecule has 172 valence electrons. The van der Waals surface area contributed by atoms with Crippen LogP contribution >= 0.6 is 11.3 Å². The van der Waals surface area contributed by atoms with Gasteiger partial charge in [-0.25, -0.2) is 9.97 Å². The van der Waals surface area contributed by atoms with Gasteiger partial charge in [0.25, 0.3) is 5.91 Å². The van der Waals surface area contributed by atoms with Crippen molar-refractivity contribution in [1.82, 2.24) is 19.8 Å². The molecule has 2 aliphatic rings. The van der Waals surface area contributed by atoms with Crippen LogP contribution in [0.15, 0.2) is 0 Å². The predicted molar refractivity (Wildman–Crippen MR) is 122 cm³/mol. The molecule has 0 aromatic carbocycles. The van der Waals surface area contributed by atoms with Crippen molar-refractivity contribution in [3.63, 3.8) is 0 Å². The van der Waals surface area contributed by atoms with Crippen LogP contribution in [0.5, 0.6) is 0 Å². The number of thiophene rings is 1. The van der Waals surface area contributed by atoms with Crippen molar-refractivity contribution in [3.8, 4) is 0 Å². The zero-order chi connectivity index (χ0) is 23.0. The van der Waals surface area contributed by atoms with Crippen LogP contribution in [-0.2, 0) is 14.3 Å². The number of aryl methyl sites for hydroxylation is 2. The Balaban J connectivity index is 1.41. The number of carbonyl (C=O) groups is 3. The Morgan fingerprint density at radius 1 is 1.12 bits per heavy atom. The maximum absolute atomic E-state index is 13.2. The van der Waals surface area contributed by atoms with Crippen LogP contribution < -0.4 is 0 Å². The SMILES string of the molecule is CCOC(=O)C1CCN(C(=O)CN(C)C(=O)c2sc3nc(C4CC4)nc(C)c3c2C)CC1. The molecule has 2 fully saturated rings. The molecule has 0 N–H and O–H groups in total. The Bertz CT molecular complexity index is 1050. The summed E-state index contributed by atoms with van der Waals surface area (Å²) in [6.45, 7) is 7.08. The third kappa shape index (κ3) is 4.48. The Hall–Kier alpha value is -2.55. The Morgan fingerprint density at radius 3 is 2.44 bits per heavy atom. The van der Waals surface area contributed by atoms with Gasteiger partial charge in [0.15, 0.2) is 0 Å². The van der Waals surface area contributed by atoms with Crippen molar-refractivity contribution in [3.05, 3.63) is 22.0 Å². The van der Waals surface area contributed by atoms with Crippen LogP contribution in [-0.4, -0.2) is 70.8 Å². The smallest absolute Gasteiger partial charge is 0.309 e. The van der Waals surface area contributed by atoms with Gasteiger partial charge in [0.05, 0.1) is 29.6 Å². The first-order valence-corrected chi connectivity index (χ1v) is 12.1. The topological polar surface area (TPSA) is 92.7 Å². The van der Waals surface area contributed by atoms with E-state index in [0.29, 0.717) is 43.3 Å². The molecule has 8 nitrogen and oxygen atoms in total. The summed E-state index contributed by atoms with van der Waals surface area (Å²) in [6.07, 6.45) is 3.45. The first kappa shape index (κ1) is 22.6. The molecule has 1 saturated carbocycles. The van der Waals surface area contributed by atoms with E-state index in [-0.39, 0.29) is 30.2 Å². The lowest BCUT2D eigenvalue weighted by molar-refractivity contribution is -0.151. The van der Waals surface area contributed by atoms with Gasteiger partial charge >= 0.3 is 5.97 Å². The largest absolute Gasteiger partial charge is 0.466 e. The number of aromatic nitrogens is 2. The van der Waals surface area contributed by atoms with Gasteiger partial charge < -0.3 is 14.5 Å². The average molecular weight is 459 g/mol. The number of ether oxygens (including phenoxy) is 1. The van der Waals surface area contributed by atoms with E-state index in [9.17, 15) is 14.4 Å². The Kier molecular flexibility index (Phi) is 6.46. The molecule has 32 heavy (non-hydrogen) atoms. The second-order valence-electron chi connectivity index (χ2n) is 8.75. The van der Waals surface area contributed by atoms with Gasteiger partial charge in [0.1, 0.15) is 10.7 Å². The predicted octanol–water partition coefficient (Wildman–Crippen LogP) is 3.06. The summed E-state index contributed by atoms with van der Waals surface area (Å²) in [5.74, 6) is 0.722. The number of fused-ring (bicyclic) bond motifs is 1. The molecule has 2 aromatic rings. The highest BCUT2D eigenvalue weighted by atomic mass is 32.1. The lowest BCUT2D eigenvalue weighted by Gasteiger charge is -2.32. The molecule has 2 amide bonds. The highest BCUT2D eigenvalue weighted by molar-refractivity contribution is 7.20. The van der Waals surface area contributed by atoms with Crippen LogP contribution in [0.2, 0.25) is 0 Å². The van der Waals surface area contributed by atoms with Gasteiger partial charge in [-0.05, 0) is 52.0 Å². The molecule has 0 spiro atoms. The van der Waals surface area contributed by atoms with Gasteiger partial charge in [-0.15, -0.1) is 11.3 Å². The van der Waals surface area contributed by atoms with E-state index in [1.807, 2.05) is 13.8 Å². The minimum absolute atomic E-state index is 0.00851. The molecule has 0 unspecified atom stereocenters. The number of amides is 2. The number of likely N-dealkylation sites (tertiary alicyclic amines) is 1. The number of piperidine rings is 1. The van der Waals surface area contributed by atoms with Gasteiger partial charge in [-0.3, -0.25) is 14.4 Å². The van der Waals surface area contributed by atoms with Crippen LogP contribution in [0.4, 0.5) is 0 Å². The number of carbonyl (C=O) groups excluding carboxylic acids is 3. The molecule has 0 radical (unpaired) electrons. The zero-order valence-electron chi connectivity index (χ0n) is 19.1. The van der Waals surface area contributed by atoms with Gasteiger partial charge in [0.2, 0.25) is 5.91 Å². The second-order valence-corrected chi connectivity index (χ2v) is 9.75. The summed E-state index contributed by atoms with van der Waals surface area (Å²) in [5.41, 5.74) is 1.79. The van der Waals surface area contributed by atoms with E-state index in [1.165, 1.54) is 16.2 Å². The van der Waals surface area contributed by atoms with E-state index >= 15 is 0 Å². The molecule has 0 atom stereocenters. The van der Waals surface area contributed by atoms with E-state index in [0.717, 1.165) is 40.1 Å². The fourth-order valence-electron chi connectivity index (χ4n) is 4.26. The minimum atomic E-state index is -0.185. The number of hydrogen-bond acceptors (Lipinski definition) is 7. The van der Waals surface area contributed by atoms with E-state index < -0.39 is 0 Å². The molecular formula is C23H30N4O4S. The number of rotatable bonds is 6. The minimum Gasteiger partial charge on any atom is -0.466 e. The quantitative estimate of drug-likeness (QED) is 0.618. The van der Waals surface area contributed by atoms with Crippen molar-refractivity contribution in [2.45, 2.75) is 52.4 Å². The highest BCUT2D eigenvalue weighted by Gasteiger charge is 2.31. The van der Waals surface area contributed by atoms with Crippen molar-refractivity contribution in [2.24, 2.45) is 5.92 Å². The van der Waals surface area contributed by atoms with Gasteiger partial charge in [-0.2, -0.15) is 0 Å². The van der Waals surface area contributed by atoms with E-state index in [1.54, 1.807) is 18.9 Å². The zero-order valence-corrected chi connectivity index (χ0v) is 20.0.